The van der Waals surface area contributed by atoms with Crippen LogP contribution in [-0.2, 0) is 0 Å². The van der Waals surface area contributed by atoms with Gasteiger partial charge < -0.3 is 20.5 Å². The second-order valence-electron chi connectivity index (χ2n) is 5.23. The highest BCUT2D eigenvalue weighted by Gasteiger charge is 2.26. The molecule has 1 aliphatic heterocycles. The summed E-state index contributed by atoms with van der Waals surface area (Å²) in [4.78, 5) is 12.2. The maximum Gasteiger partial charge on any atom is 0.276 e. The Labute approximate surface area is 120 Å². The lowest BCUT2D eigenvalue weighted by Gasteiger charge is -2.08. The van der Waals surface area contributed by atoms with Gasteiger partial charge in [-0.25, -0.2) is 0 Å². The number of nitrogens with two attached hydrogens (primary N) is 1. The lowest BCUT2D eigenvalue weighted by Crippen LogP contribution is -2.13. The van der Waals surface area contributed by atoms with Gasteiger partial charge in [-0.2, -0.15) is 5.10 Å². The summed E-state index contributed by atoms with van der Waals surface area (Å²) in [6, 6.07) is 5.08. The molecule has 2 aromatic rings. The summed E-state index contributed by atoms with van der Waals surface area (Å²) < 4.78 is 10.5. The molecule has 4 rings (SSSR count). The van der Waals surface area contributed by atoms with Gasteiger partial charge in [0.15, 0.2) is 17.2 Å². The van der Waals surface area contributed by atoms with Gasteiger partial charge in [0, 0.05) is 23.7 Å². The summed E-state index contributed by atoms with van der Waals surface area (Å²) in [5, 5.41) is 9.69. The summed E-state index contributed by atoms with van der Waals surface area (Å²) in [5.41, 5.74) is 8.18. The Morgan fingerprint density at radius 2 is 2.05 bits per heavy atom. The van der Waals surface area contributed by atoms with Crippen molar-refractivity contribution >= 4 is 17.3 Å². The molecule has 1 fully saturated rings. The van der Waals surface area contributed by atoms with Crippen molar-refractivity contribution in [3.8, 4) is 11.5 Å². The molecule has 1 aromatic heterocycles. The number of ether oxygens (including phenoxy) is 2. The van der Waals surface area contributed by atoms with Crippen molar-refractivity contribution in [2.24, 2.45) is 0 Å². The molecule has 108 valence electrons. The number of nitrogen functional groups attached to an aromatic ring is 1. The first-order valence-electron chi connectivity index (χ1n) is 6.76. The molecule has 0 unspecified atom stereocenters. The molecular formula is C14H14N4O3. The van der Waals surface area contributed by atoms with Crippen LogP contribution in [0.2, 0.25) is 0 Å². The van der Waals surface area contributed by atoms with Gasteiger partial charge in [0.2, 0.25) is 6.79 Å². The number of hydrogen-bond donors (Lipinski definition) is 3. The van der Waals surface area contributed by atoms with Crippen LogP contribution in [0.15, 0.2) is 18.2 Å². The Morgan fingerprint density at radius 1 is 1.29 bits per heavy atom. The van der Waals surface area contributed by atoms with E-state index in [0.717, 1.165) is 18.5 Å². The number of anilines is 2. The van der Waals surface area contributed by atoms with Gasteiger partial charge in [-0.1, -0.05) is 0 Å². The number of aromatic nitrogens is 2. The van der Waals surface area contributed by atoms with Crippen LogP contribution in [0.1, 0.15) is 34.9 Å². The molecule has 1 amide bonds. The molecule has 21 heavy (non-hydrogen) atoms. The molecule has 7 nitrogen and oxygen atoms in total. The third-order valence-corrected chi connectivity index (χ3v) is 3.64. The first kappa shape index (κ1) is 12.1. The molecule has 0 atom stereocenters. The second kappa shape index (κ2) is 4.41. The summed E-state index contributed by atoms with van der Waals surface area (Å²) in [7, 11) is 0. The molecule has 7 heteroatoms. The first-order valence-corrected chi connectivity index (χ1v) is 6.76. The third-order valence-electron chi connectivity index (χ3n) is 3.64. The minimum Gasteiger partial charge on any atom is -0.454 e. The highest BCUT2D eigenvalue weighted by molar-refractivity contribution is 6.04. The molecule has 0 radical (unpaired) electrons. The average molecular weight is 286 g/mol. The number of carbonyl (C=O) groups is 1. The van der Waals surface area contributed by atoms with E-state index >= 15 is 0 Å². The molecule has 4 N–H and O–H groups in total. The number of nitrogens with one attached hydrogen (secondary N) is 2. The zero-order valence-corrected chi connectivity index (χ0v) is 11.2. The predicted molar refractivity (Wildman–Crippen MR) is 75.5 cm³/mol. The van der Waals surface area contributed by atoms with E-state index in [1.807, 2.05) is 0 Å². The van der Waals surface area contributed by atoms with Crippen molar-refractivity contribution in [1.29, 1.82) is 0 Å². The number of H-pyrrole nitrogens is 1. The van der Waals surface area contributed by atoms with Gasteiger partial charge in [-0.15, -0.1) is 0 Å². The van der Waals surface area contributed by atoms with Crippen LogP contribution in [0.5, 0.6) is 11.5 Å². The van der Waals surface area contributed by atoms with Gasteiger partial charge in [0.1, 0.15) is 0 Å². The third kappa shape index (κ3) is 2.16. The topological polar surface area (TPSA) is 102 Å². The van der Waals surface area contributed by atoms with E-state index < -0.39 is 0 Å². The Balaban J connectivity index is 1.55. The minimum atomic E-state index is -0.302. The molecule has 1 saturated carbocycles. The van der Waals surface area contributed by atoms with Gasteiger partial charge in [0.05, 0.1) is 11.4 Å². The van der Waals surface area contributed by atoms with Crippen molar-refractivity contribution in [2.75, 3.05) is 17.8 Å². The summed E-state index contributed by atoms with van der Waals surface area (Å²) >= 11 is 0. The fourth-order valence-corrected chi connectivity index (χ4v) is 2.31. The SMILES string of the molecule is Nc1cc2c(cc1NC(=O)c1cc(C3CC3)[nH]n1)OCO2. The molecule has 2 heterocycles. The molecule has 2 aliphatic rings. The number of aromatic amines is 1. The van der Waals surface area contributed by atoms with Crippen LogP contribution in [0.25, 0.3) is 0 Å². The number of benzene rings is 1. The summed E-state index contributed by atoms with van der Waals surface area (Å²) in [6.07, 6.45) is 2.30. The predicted octanol–water partition coefficient (Wildman–Crippen LogP) is 1.85. The lowest BCUT2D eigenvalue weighted by atomic mass is 10.2. The van der Waals surface area contributed by atoms with Gasteiger partial charge >= 0.3 is 0 Å². The number of fused-ring (bicyclic) bond motifs is 1. The van der Waals surface area contributed by atoms with Crippen LogP contribution in [0.4, 0.5) is 11.4 Å². The fraction of sp³-hybridized carbons (Fsp3) is 0.286. The zero-order chi connectivity index (χ0) is 14.4. The Kier molecular flexibility index (Phi) is 2.53. The number of carbonyl (C=O) groups excluding carboxylic acids is 1. The van der Waals surface area contributed by atoms with E-state index in [4.69, 9.17) is 15.2 Å². The van der Waals surface area contributed by atoms with E-state index in [2.05, 4.69) is 15.5 Å². The summed E-state index contributed by atoms with van der Waals surface area (Å²) in [6.45, 7) is 0.163. The molecule has 1 aliphatic carbocycles. The van der Waals surface area contributed by atoms with Crippen molar-refractivity contribution in [3.05, 3.63) is 29.6 Å². The highest BCUT2D eigenvalue weighted by atomic mass is 16.7. The van der Waals surface area contributed by atoms with Crippen LogP contribution < -0.4 is 20.5 Å². The highest BCUT2D eigenvalue weighted by Crippen LogP contribution is 2.40. The number of hydrogen-bond acceptors (Lipinski definition) is 5. The van der Waals surface area contributed by atoms with Gasteiger partial charge in [0.25, 0.3) is 5.91 Å². The lowest BCUT2D eigenvalue weighted by molar-refractivity contribution is 0.102. The van der Waals surface area contributed by atoms with Crippen LogP contribution in [0.3, 0.4) is 0 Å². The fourth-order valence-electron chi connectivity index (χ4n) is 2.31. The zero-order valence-electron chi connectivity index (χ0n) is 11.2. The van der Waals surface area contributed by atoms with E-state index in [1.165, 1.54) is 0 Å². The van der Waals surface area contributed by atoms with Crippen molar-refractivity contribution in [3.63, 3.8) is 0 Å². The van der Waals surface area contributed by atoms with Crippen LogP contribution >= 0.6 is 0 Å². The molecule has 1 aromatic carbocycles. The smallest absolute Gasteiger partial charge is 0.276 e. The average Bonchev–Trinajstić information content (AvgIpc) is 3.02. The molecular weight excluding hydrogens is 272 g/mol. The number of amides is 1. The van der Waals surface area contributed by atoms with Crippen LogP contribution in [-0.4, -0.2) is 22.9 Å². The standard InChI is InChI=1S/C14H14N4O3/c15-8-3-12-13(21-6-20-12)5-10(8)16-14(19)11-4-9(17-18-11)7-1-2-7/h3-5,7H,1-2,6,15H2,(H,16,19)(H,17,18). The molecule has 0 saturated heterocycles. The molecule has 0 bridgehead atoms. The normalized spacial score (nSPS) is 16.0. The number of nitrogens with zero attached hydrogens (tertiary/aromatic N) is 1. The van der Waals surface area contributed by atoms with E-state index in [0.29, 0.717) is 34.5 Å². The monoisotopic (exact) mass is 286 g/mol. The number of rotatable bonds is 3. The first-order chi connectivity index (χ1) is 10.2. The Morgan fingerprint density at radius 3 is 2.81 bits per heavy atom. The second-order valence-corrected chi connectivity index (χ2v) is 5.23. The minimum absolute atomic E-state index is 0.163. The Hall–Kier alpha value is -2.70. The van der Waals surface area contributed by atoms with Gasteiger partial charge in [-0.3, -0.25) is 9.89 Å². The maximum atomic E-state index is 12.2. The van der Waals surface area contributed by atoms with Crippen molar-refractivity contribution in [1.82, 2.24) is 10.2 Å². The largest absolute Gasteiger partial charge is 0.454 e. The maximum absolute atomic E-state index is 12.2. The van der Waals surface area contributed by atoms with E-state index in [-0.39, 0.29) is 12.7 Å². The van der Waals surface area contributed by atoms with E-state index in [1.54, 1.807) is 18.2 Å². The van der Waals surface area contributed by atoms with Crippen molar-refractivity contribution < 1.29 is 14.3 Å². The van der Waals surface area contributed by atoms with Crippen molar-refractivity contribution in [2.45, 2.75) is 18.8 Å². The molecule has 0 spiro atoms. The van der Waals surface area contributed by atoms with E-state index in [9.17, 15) is 4.79 Å². The van der Waals surface area contributed by atoms with Crippen LogP contribution in [0, 0.1) is 0 Å². The quantitative estimate of drug-likeness (QED) is 0.747. The van der Waals surface area contributed by atoms with Gasteiger partial charge in [-0.05, 0) is 18.9 Å². The Bertz CT molecular complexity index is 721. The summed E-state index contributed by atoms with van der Waals surface area (Å²) in [5.74, 6) is 1.37.